The standard InChI is InChI=1S/C20H25N3O/c1-16-14-21-11-12-23(16)15-20(24)22-19-10-6-5-9-18(19)13-17-7-3-2-4-8-17/h2-10,16,21H,11-15H2,1H3,(H,22,24)/t16-/m1/s1. The molecule has 0 spiro atoms. The predicted molar refractivity (Wildman–Crippen MR) is 98.2 cm³/mol. The SMILES string of the molecule is C[C@@H]1CNCCN1CC(=O)Nc1ccccc1Cc1ccccc1. The molecule has 1 aliphatic heterocycles. The zero-order valence-corrected chi connectivity index (χ0v) is 14.2. The van der Waals surface area contributed by atoms with Crippen molar-refractivity contribution in [1.29, 1.82) is 0 Å². The number of carbonyl (C=O) groups is 1. The first-order valence-electron chi connectivity index (χ1n) is 8.59. The Labute approximate surface area is 143 Å². The minimum atomic E-state index is 0.0595. The summed E-state index contributed by atoms with van der Waals surface area (Å²) in [6.07, 6.45) is 0.821. The van der Waals surface area contributed by atoms with Crippen LogP contribution in [0.4, 0.5) is 5.69 Å². The molecule has 4 heteroatoms. The van der Waals surface area contributed by atoms with Gasteiger partial charge in [-0.3, -0.25) is 9.69 Å². The van der Waals surface area contributed by atoms with Crippen LogP contribution >= 0.6 is 0 Å². The molecule has 1 fully saturated rings. The highest BCUT2D eigenvalue weighted by Gasteiger charge is 2.20. The molecule has 2 N–H and O–H groups in total. The van der Waals surface area contributed by atoms with Crippen LogP contribution in [-0.2, 0) is 11.2 Å². The van der Waals surface area contributed by atoms with Crippen LogP contribution in [0.3, 0.4) is 0 Å². The Morgan fingerprint density at radius 2 is 1.92 bits per heavy atom. The van der Waals surface area contributed by atoms with Crippen molar-refractivity contribution in [3.05, 3.63) is 65.7 Å². The second-order valence-corrected chi connectivity index (χ2v) is 6.39. The molecular formula is C20H25N3O. The van der Waals surface area contributed by atoms with Crippen LogP contribution in [0.15, 0.2) is 54.6 Å². The molecule has 1 atom stereocenters. The molecule has 0 bridgehead atoms. The minimum absolute atomic E-state index is 0.0595. The van der Waals surface area contributed by atoms with Crippen LogP contribution in [-0.4, -0.2) is 43.0 Å². The Morgan fingerprint density at radius 3 is 2.71 bits per heavy atom. The van der Waals surface area contributed by atoms with Gasteiger partial charge in [-0.05, 0) is 30.5 Å². The van der Waals surface area contributed by atoms with Gasteiger partial charge in [0.15, 0.2) is 0 Å². The molecule has 126 valence electrons. The maximum atomic E-state index is 12.5. The Bertz CT molecular complexity index is 672. The van der Waals surface area contributed by atoms with Crippen LogP contribution in [0, 0.1) is 0 Å². The third kappa shape index (κ3) is 4.43. The van der Waals surface area contributed by atoms with Gasteiger partial charge in [-0.15, -0.1) is 0 Å². The predicted octanol–water partition coefficient (Wildman–Crippen LogP) is 2.51. The summed E-state index contributed by atoms with van der Waals surface area (Å²) in [5.74, 6) is 0.0595. The van der Waals surface area contributed by atoms with E-state index in [9.17, 15) is 4.79 Å². The van der Waals surface area contributed by atoms with Gasteiger partial charge in [0.25, 0.3) is 0 Å². The number of carbonyl (C=O) groups excluding carboxylic acids is 1. The highest BCUT2D eigenvalue weighted by Crippen LogP contribution is 2.19. The molecule has 4 nitrogen and oxygen atoms in total. The Kier molecular flexibility index (Phi) is 5.62. The van der Waals surface area contributed by atoms with E-state index in [0.29, 0.717) is 12.6 Å². The van der Waals surface area contributed by atoms with Crippen LogP contribution in [0.5, 0.6) is 0 Å². The smallest absolute Gasteiger partial charge is 0.238 e. The molecule has 1 saturated heterocycles. The summed E-state index contributed by atoms with van der Waals surface area (Å²) in [5.41, 5.74) is 3.30. The first-order valence-corrected chi connectivity index (χ1v) is 8.59. The molecule has 0 aliphatic carbocycles. The molecule has 3 rings (SSSR count). The van der Waals surface area contributed by atoms with E-state index >= 15 is 0 Å². The number of hydrogen-bond acceptors (Lipinski definition) is 3. The number of para-hydroxylation sites is 1. The van der Waals surface area contributed by atoms with Gasteiger partial charge in [0.1, 0.15) is 0 Å². The number of piperazine rings is 1. The largest absolute Gasteiger partial charge is 0.325 e. The van der Waals surface area contributed by atoms with E-state index in [1.807, 2.05) is 36.4 Å². The highest BCUT2D eigenvalue weighted by atomic mass is 16.2. The van der Waals surface area contributed by atoms with Crippen molar-refractivity contribution in [3.63, 3.8) is 0 Å². The lowest BCUT2D eigenvalue weighted by molar-refractivity contribution is -0.118. The molecule has 0 aromatic heterocycles. The summed E-state index contributed by atoms with van der Waals surface area (Å²) in [5, 5.41) is 6.45. The van der Waals surface area contributed by atoms with Crippen molar-refractivity contribution in [2.75, 3.05) is 31.5 Å². The average molecular weight is 323 g/mol. The monoisotopic (exact) mass is 323 g/mol. The van der Waals surface area contributed by atoms with E-state index in [1.54, 1.807) is 0 Å². The third-order valence-electron chi connectivity index (χ3n) is 4.51. The molecule has 0 unspecified atom stereocenters. The molecule has 2 aromatic rings. The van der Waals surface area contributed by atoms with Gasteiger partial charge in [0.05, 0.1) is 6.54 Å². The minimum Gasteiger partial charge on any atom is -0.325 e. The molecule has 2 aromatic carbocycles. The average Bonchev–Trinajstić information content (AvgIpc) is 2.60. The van der Waals surface area contributed by atoms with Crippen molar-refractivity contribution in [1.82, 2.24) is 10.2 Å². The van der Waals surface area contributed by atoms with Crippen LogP contribution < -0.4 is 10.6 Å². The number of benzene rings is 2. The van der Waals surface area contributed by atoms with Gasteiger partial charge in [0, 0.05) is 31.4 Å². The van der Waals surface area contributed by atoms with Gasteiger partial charge in [-0.25, -0.2) is 0 Å². The van der Waals surface area contributed by atoms with E-state index in [-0.39, 0.29) is 5.91 Å². The number of nitrogens with zero attached hydrogens (tertiary/aromatic N) is 1. The molecular weight excluding hydrogens is 298 g/mol. The van der Waals surface area contributed by atoms with Crippen LogP contribution in [0.2, 0.25) is 0 Å². The number of amides is 1. The van der Waals surface area contributed by atoms with E-state index < -0.39 is 0 Å². The van der Waals surface area contributed by atoms with E-state index in [4.69, 9.17) is 0 Å². The zero-order valence-electron chi connectivity index (χ0n) is 14.2. The number of rotatable bonds is 5. The molecule has 1 aliphatic rings. The van der Waals surface area contributed by atoms with E-state index in [2.05, 4.69) is 40.7 Å². The molecule has 0 radical (unpaired) electrons. The number of hydrogen-bond donors (Lipinski definition) is 2. The van der Waals surface area contributed by atoms with Gasteiger partial charge in [-0.1, -0.05) is 48.5 Å². The lowest BCUT2D eigenvalue weighted by atomic mass is 10.0. The third-order valence-corrected chi connectivity index (χ3v) is 4.51. The van der Waals surface area contributed by atoms with Gasteiger partial charge in [0.2, 0.25) is 5.91 Å². The highest BCUT2D eigenvalue weighted by molar-refractivity contribution is 5.93. The zero-order chi connectivity index (χ0) is 16.8. The van der Waals surface area contributed by atoms with Crippen molar-refractivity contribution in [2.45, 2.75) is 19.4 Å². The Hall–Kier alpha value is -2.17. The molecule has 0 saturated carbocycles. The van der Waals surface area contributed by atoms with Crippen molar-refractivity contribution in [3.8, 4) is 0 Å². The molecule has 24 heavy (non-hydrogen) atoms. The fraction of sp³-hybridized carbons (Fsp3) is 0.350. The quantitative estimate of drug-likeness (QED) is 0.889. The normalized spacial score (nSPS) is 18.3. The Balaban J connectivity index is 1.65. The number of anilines is 1. The summed E-state index contributed by atoms with van der Waals surface area (Å²) in [6, 6.07) is 18.8. The topological polar surface area (TPSA) is 44.4 Å². The maximum absolute atomic E-state index is 12.5. The van der Waals surface area contributed by atoms with Crippen LogP contribution in [0.25, 0.3) is 0 Å². The van der Waals surface area contributed by atoms with Crippen molar-refractivity contribution in [2.24, 2.45) is 0 Å². The van der Waals surface area contributed by atoms with Crippen molar-refractivity contribution < 1.29 is 4.79 Å². The van der Waals surface area contributed by atoms with E-state index in [0.717, 1.165) is 37.3 Å². The van der Waals surface area contributed by atoms with E-state index in [1.165, 1.54) is 5.56 Å². The second-order valence-electron chi connectivity index (χ2n) is 6.39. The lowest BCUT2D eigenvalue weighted by Gasteiger charge is -2.33. The van der Waals surface area contributed by atoms with Gasteiger partial charge >= 0.3 is 0 Å². The second kappa shape index (κ2) is 8.08. The Morgan fingerprint density at radius 1 is 1.17 bits per heavy atom. The summed E-state index contributed by atoms with van der Waals surface area (Å²) < 4.78 is 0. The molecule has 1 heterocycles. The number of nitrogens with one attached hydrogen (secondary N) is 2. The summed E-state index contributed by atoms with van der Waals surface area (Å²) in [4.78, 5) is 14.7. The fourth-order valence-electron chi connectivity index (χ4n) is 3.10. The van der Waals surface area contributed by atoms with Crippen molar-refractivity contribution >= 4 is 11.6 Å². The lowest BCUT2D eigenvalue weighted by Crippen LogP contribution is -2.52. The van der Waals surface area contributed by atoms with Gasteiger partial charge in [-0.2, -0.15) is 0 Å². The first-order chi connectivity index (χ1) is 11.7. The fourth-order valence-corrected chi connectivity index (χ4v) is 3.10. The summed E-state index contributed by atoms with van der Waals surface area (Å²) in [6.45, 7) is 5.41. The van der Waals surface area contributed by atoms with Gasteiger partial charge < -0.3 is 10.6 Å². The summed E-state index contributed by atoms with van der Waals surface area (Å²) >= 11 is 0. The maximum Gasteiger partial charge on any atom is 0.238 e. The molecule has 1 amide bonds. The van der Waals surface area contributed by atoms with Crippen LogP contribution in [0.1, 0.15) is 18.1 Å². The summed E-state index contributed by atoms with van der Waals surface area (Å²) in [7, 11) is 0. The first kappa shape index (κ1) is 16.7.